The molecule has 4 rings (SSSR count). The van der Waals surface area contributed by atoms with Crippen molar-refractivity contribution in [3.8, 4) is 11.3 Å². The smallest absolute Gasteiger partial charge is 0.243 e. The lowest BCUT2D eigenvalue weighted by atomic mass is 10.0. The van der Waals surface area contributed by atoms with Gasteiger partial charge in [-0.2, -0.15) is 9.41 Å². The number of sulfonamides is 1. The molecule has 0 aliphatic carbocycles. The minimum absolute atomic E-state index is 0.333. The first-order valence-electron chi connectivity index (χ1n) is 10.4. The number of anilines is 1. The maximum Gasteiger partial charge on any atom is 0.243 e. The molecule has 3 aromatic rings. The highest BCUT2D eigenvalue weighted by Crippen LogP contribution is 2.27. The number of aromatic nitrogens is 1. The lowest BCUT2D eigenvalue weighted by molar-refractivity contribution is 0.477. The minimum atomic E-state index is -3.39. The molecule has 2 aromatic carbocycles. The van der Waals surface area contributed by atoms with Gasteiger partial charge in [0.2, 0.25) is 15.2 Å². The SMILES string of the molecule is CC(C)c1ccc(/C=N/Nc2nc(-c3ccc(S(=O)(=O)N4CCCC4)cc3)cs2)cc1. The Morgan fingerprint density at radius 3 is 2.39 bits per heavy atom. The van der Waals surface area contributed by atoms with Crippen molar-refractivity contribution in [2.24, 2.45) is 5.10 Å². The van der Waals surface area contributed by atoms with Gasteiger partial charge in [-0.05, 0) is 42.0 Å². The van der Waals surface area contributed by atoms with E-state index in [-0.39, 0.29) is 0 Å². The van der Waals surface area contributed by atoms with Gasteiger partial charge in [-0.15, -0.1) is 11.3 Å². The zero-order valence-electron chi connectivity index (χ0n) is 17.7. The van der Waals surface area contributed by atoms with Gasteiger partial charge in [-0.1, -0.05) is 50.2 Å². The maximum absolute atomic E-state index is 12.7. The summed E-state index contributed by atoms with van der Waals surface area (Å²) < 4.78 is 26.9. The number of hydrazone groups is 1. The Kier molecular flexibility index (Phi) is 6.50. The molecule has 0 unspecified atom stereocenters. The molecule has 0 saturated carbocycles. The van der Waals surface area contributed by atoms with Crippen LogP contribution in [0, 0.1) is 0 Å². The van der Waals surface area contributed by atoms with Crippen LogP contribution in [0.5, 0.6) is 0 Å². The number of nitrogens with zero attached hydrogens (tertiary/aromatic N) is 3. The van der Waals surface area contributed by atoms with Crippen LogP contribution in [-0.4, -0.2) is 37.0 Å². The van der Waals surface area contributed by atoms with Crippen molar-refractivity contribution in [2.45, 2.75) is 37.5 Å². The first kappa shape index (κ1) is 21.7. The molecule has 0 spiro atoms. The van der Waals surface area contributed by atoms with E-state index in [2.05, 4.69) is 41.5 Å². The van der Waals surface area contributed by atoms with Gasteiger partial charge in [0.1, 0.15) is 0 Å². The van der Waals surface area contributed by atoms with Crippen molar-refractivity contribution in [1.82, 2.24) is 9.29 Å². The van der Waals surface area contributed by atoms with Crippen molar-refractivity contribution in [3.05, 3.63) is 65.0 Å². The van der Waals surface area contributed by atoms with Gasteiger partial charge in [-0.25, -0.2) is 13.4 Å². The average molecular weight is 455 g/mol. The van der Waals surface area contributed by atoms with Gasteiger partial charge in [0, 0.05) is 24.0 Å². The summed E-state index contributed by atoms with van der Waals surface area (Å²) in [4.78, 5) is 4.89. The fourth-order valence-electron chi connectivity index (χ4n) is 3.46. The third-order valence-electron chi connectivity index (χ3n) is 5.33. The van der Waals surface area contributed by atoms with E-state index in [1.807, 2.05) is 17.5 Å². The normalized spacial score (nSPS) is 15.2. The number of hydrogen-bond acceptors (Lipinski definition) is 6. The fourth-order valence-corrected chi connectivity index (χ4v) is 5.65. The van der Waals surface area contributed by atoms with Crippen molar-refractivity contribution in [2.75, 3.05) is 18.5 Å². The zero-order chi connectivity index (χ0) is 21.8. The van der Waals surface area contributed by atoms with Crippen molar-refractivity contribution < 1.29 is 8.42 Å². The Balaban J connectivity index is 1.40. The van der Waals surface area contributed by atoms with E-state index in [1.165, 1.54) is 16.9 Å². The summed E-state index contributed by atoms with van der Waals surface area (Å²) in [5, 5.41) is 6.88. The molecule has 1 saturated heterocycles. The summed E-state index contributed by atoms with van der Waals surface area (Å²) in [6.45, 7) is 5.55. The Morgan fingerprint density at radius 2 is 1.74 bits per heavy atom. The van der Waals surface area contributed by atoms with Crippen LogP contribution in [0.3, 0.4) is 0 Å². The first-order chi connectivity index (χ1) is 14.9. The van der Waals surface area contributed by atoms with Crippen LogP contribution in [0.1, 0.15) is 43.7 Å². The molecule has 0 amide bonds. The molecule has 1 aromatic heterocycles. The summed E-state index contributed by atoms with van der Waals surface area (Å²) in [6.07, 6.45) is 3.62. The Bertz CT molecular complexity index is 1150. The fraction of sp³-hybridized carbons (Fsp3) is 0.304. The average Bonchev–Trinajstić information content (AvgIpc) is 3.47. The van der Waals surface area contributed by atoms with Crippen LogP contribution in [0.2, 0.25) is 0 Å². The van der Waals surface area contributed by atoms with Gasteiger partial charge in [-0.3, -0.25) is 5.43 Å². The second-order valence-corrected chi connectivity index (χ2v) is 10.7. The number of thiazole rings is 1. The van der Waals surface area contributed by atoms with Crippen LogP contribution in [0.25, 0.3) is 11.3 Å². The molecule has 1 aliphatic heterocycles. The standard InChI is InChI=1S/C23H26N4O2S2/c1-17(2)19-7-5-18(6-8-19)15-24-26-23-25-22(16-30-23)20-9-11-21(12-10-20)31(28,29)27-13-3-4-14-27/h5-12,15-17H,3-4,13-14H2,1-2H3,(H,25,26)/b24-15+. The molecule has 162 valence electrons. The third-order valence-corrected chi connectivity index (χ3v) is 7.99. The van der Waals surface area contributed by atoms with Gasteiger partial charge in [0.15, 0.2) is 0 Å². The molecule has 0 radical (unpaired) electrons. The van der Waals surface area contributed by atoms with E-state index in [0.717, 1.165) is 29.7 Å². The van der Waals surface area contributed by atoms with Crippen LogP contribution < -0.4 is 5.43 Å². The largest absolute Gasteiger partial charge is 0.253 e. The van der Waals surface area contributed by atoms with Crippen LogP contribution in [0.15, 0.2) is 63.9 Å². The summed E-state index contributed by atoms with van der Waals surface area (Å²) in [5.74, 6) is 0.507. The molecule has 0 atom stereocenters. The highest BCUT2D eigenvalue weighted by atomic mass is 32.2. The number of rotatable bonds is 7. The second-order valence-electron chi connectivity index (χ2n) is 7.86. The summed E-state index contributed by atoms with van der Waals surface area (Å²) in [5.41, 5.74) is 6.94. The van der Waals surface area contributed by atoms with Crippen molar-refractivity contribution in [1.29, 1.82) is 0 Å². The van der Waals surface area contributed by atoms with Gasteiger partial charge in [0.25, 0.3) is 0 Å². The van der Waals surface area contributed by atoms with Crippen LogP contribution in [-0.2, 0) is 10.0 Å². The van der Waals surface area contributed by atoms with Gasteiger partial charge in [0.05, 0.1) is 16.8 Å². The summed E-state index contributed by atoms with van der Waals surface area (Å²) in [6, 6.07) is 15.3. The van der Waals surface area contributed by atoms with E-state index in [4.69, 9.17) is 0 Å². The Hall–Kier alpha value is -2.55. The number of nitrogens with one attached hydrogen (secondary N) is 1. The topological polar surface area (TPSA) is 74.7 Å². The first-order valence-corrected chi connectivity index (χ1v) is 12.7. The number of benzene rings is 2. The van der Waals surface area contributed by atoms with E-state index in [1.54, 1.807) is 34.8 Å². The minimum Gasteiger partial charge on any atom is -0.253 e. The van der Waals surface area contributed by atoms with E-state index < -0.39 is 10.0 Å². The van der Waals surface area contributed by atoms with E-state index in [9.17, 15) is 8.42 Å². The summed E-state index contributed by atoms with van der Waals surface area (Å²) in [7, 11) is -3.39. The predicted molar refractivity (Wildman–Crippen MR) is 127 cm³/mol. The summed E-state index contributed by atoms with van der Waals surface area (Å²) >= 11 is 1.45. The Morgan fingerprint density at radius 1 is 1.06 bits per heavy atom. The predicted octanol–water partition coefficient (Wildman–Crippen LogP) is 5.16. The van der Waals surface area contributed by atoms with Gasteiger partial charge < -0.3 is 0 Å². The second kappa shape index (κ2) is 9.30. The highest BCUT2D eigenvalue weighted by molar-refractivity contribution is 7.89. The van der Waals surface area contributed by atoms with Gasteiger partial charge >= 0.3 is 0 Å². The van der Waals surface area contributed by atoms with Crippen LogP contribution >= 0.6 is 11.3 Å². The highest BCUT2D eigenvalue weighted by Gasteiger charge is 2.26. The monoisotopic (exact) mass is 454 g/mol. The molecular weight excluding hydrogens is 428 g/mol. The molecule has 6 nitrogen and oxygen atoms in total. The molecule has 0 bridgehead atoms. The van der Waals surface area contributed by atoms with Crippen molar-refractivity contribution >= 4 is 32.7 Å². The molecule has 2 heterocycles. The lowest BCUT2D eigenvalue weighted by Gasteiger charge is -2.15. The number of hydrogen-bond donors (Lipinski definition) is 1. The molecular formula is C23H26N4O2S2. The molecule has 1 aliphatic rings. The quantitative estimate of drug-likeness (QED) is 0.395. The maximum atomic E-state index is 12.7. The third kappa shape index (κ3) is 5.03. The van der Waals surface area contributed by atoms with E-state index in [0.29, 0.717) is 29.0 Å². The van der Waals surface area contributed by atoms with Crippen molar-refractivity contribution in [3.63, 3.8) is 0 Å². The molecule has 8 heteroatoms. The lowest BCUT2D eigenvalue weighted by Crippen LogP contribution is -2.27. The molecule has 1 fully saturated rings. The molecule has 31 heavy (non-hydrogen) atoms. The zero-order valence-corrected chi connectivity index (χ0v) is 19.3. The molecule has 1 N–H and O–H groups in total. The van der Waals surface area contributed by atoms with E-state index >= 15 is 0 Å². The Labute approximate surface area is 187 Å². The van der Waals surface area contributed by atoms with Crippen LogP contribution in [0.4, 0.5) is 5.13 Å².